The molecule has 0 fully saturated rings. The SMILES string of the molecule is CCOCCNC(C)c1cnc(C)nc1C. The minimum absolute atomic E-state index is 0.265. The zero-order valence-electron chi connectivity index (χ0n) is 10.6. The molecule has 1 aromatic rings. The second-order valence-corrected chi connectivity index (χ2v) is 3.83. The molecule has 0 saturated carbocycles. The van der Waals surface area contributed by atoms with Crippen molar-refractivity contribution in [1.82, 2.24) is 15.3 Å². The number of nitrogens with one attached hydrogen (secondary N) is 1. The molecular formula is C12H21N3O. The summed E-state index contributed by atoms with van der Waals surface area (Å²) in [7, 11) is 0. The Hall–Kier alpha value is -1.00. The molecule has 4 heteroatoms. The molecule has 0 bridgehead atoms. The molecule has 0 amide bonds. The van der Waals surface area contributed by atoms with Crippen molar-refractivity contribution in [3.8, 4) is 0 Å². The van der Waals surface area contributed by atoms with Crippen LogP contribution in [0.2, 0.25) is 0 Å². The first-order valence-electron chi connectivity index (χ1n) is 5.76. The van der Waals surface area contributed by atoms with E-state index in [0.717, 1.165) is 36.8 Å². The van der Waals surface area contributed by atoms with Crippen LogP contribution in [0.4, 0.5) is 0 Å². The van der Waals surface area contributed by atoms with Crippen LogP contribution < -0.4 is 5.32 Å². The monoisotopic (exact) mass is 223 g/mol. The first kappa shape index (κ1) is 13.1. The number of aryl methyl sites for hydroxylation is 2. The lowest BCUT2D eigenvalue weighted by atomic mass is 10.1. The number of ether oxygens (including phenoxy) is 1. The topological polar surface area (TPSA) is 47.0 Å². The van der Waals surface area contributed by atoms with Gasteiger partial charge in [-0.2, -0.15) is 0 Å². The highest BCUT2D eigenvalue weighted by atomic mass is 16.5. The predicted molar refractivity (Wildman–Crippen MR) is 64.4 cm³/mol. The summed E-state index contributed by atoms with van der Waals surface area (Å²) in [4.78, 5) is 8.58. The summed E-state index contributed by atoms with van der Waals surface area (Å²) in [6.07, 6.45) is 1.90. The minimum Gasteiger partial charge on any atom is -0.380 e. The molecule has 0 aliphatic carbocycles. The Morgan fingerprint density at radius 2 is 2.19 bits per heavy atom. The van der Waals surface area contributed by atoms with E-state index in [1.807, 2.05) is 27.0 Å². The Balaban J connectivity index is 2.49. The molecule has 90 valence electrons. The van der Waals surface area contributed by atoms with Gasteiger partial charge in [0, 0.05) is 36.6 Å². The maximum atomic E-state index is 5.28. The van der Waals surface area contributed by atoms with Crippen LogP contribution in [-0.4, -0.2) is 29.7 Å². The van der Waals surface area contributed by atoms with Crippen LogP contribution in [0.1, 0.15) is 37.0 Å². The van der Waals surface area contributed by atoms with E-state index in [9.17, 15) is 0 Å². The van der Waals surface area contributed by atoms with E-state index < -0.39 is 0 Å². The van der Waals surface area contributed by atoms with Crippen LogP contribution in [0.5, 0.6) is 0 Å². The quantitative estimate of drug-likeness (QED) is 0.747. The molecule has 0 radical (unpaired) electrons. The third-order valence-electron chi connectivity index (χ3n) is 2.51. The van der Waals surface area contributed by atoms with Gasteiger partial charge in [0.1, 0.15) is 5.82 Å². The smallest absolute Gasteiger partial charge is 0.125 e. The summed E-state index contributed by atoms with van der Waals surface area (Å²) in [5.74, 6) is 0.822. The summed E-state index contributed by atoms with van der Waals surface area (Å²) in [6, 6.07) is 0.265. The minimum atomic E-state index is 0.265. The largest absolute Gasteiger partial charge is 0.380 e. The van der Waals surface area contributed by atoms with Crippen LogP contribution in [0.25, 0.3) is 0 Å². The Morgan fingerprint density at radius 3 is 2.81 bits per heavy atom. The highest BCUT2D eigenvalue weighted by Crippen LogP contribution is 2.13. The number of hydrogen-bond donors (Lipinski definition) is 1. The van der Waals surface area contributed by atoms with Crippen LogP contribution >= 0.6 is 0 Å². The molecule has 1 aromatic heterocycles. The maximum Gasteiger partial charge on any atom is 0.125 e. The average molecular weight is 223 g/mol. The number of hydrogen-bond acceptors (Lipinski definition) is 4. The van der Waals surface area contributed by atoms with Crippen molar-refractivity contribution in [1.29, 1.82) is 0 Å². The summed E-state index contributed by atoms with van der Waals surface area (Å²) < 4.78 is 5.28. The third kappa shape index (κ3) is 3.87. The van der Waals surface area contributed by atoms with E-state index in [1.54, 1.807) is 0 Å². The van der Waals surface area contributed by atoms with Gasteiger partial charge in [0.15, 0.2) is 0 Å². The molecule has 1 unspecified atom stereocenters. The van der Waals surface area contributed by atoms with Crippen LogP contribution in [-0.2, 0) is 4.74 Å². The van der Waals surface area contributed by atoms with E-state index in [2.05, 4.69) is 22.2 Å². The van der Waals surface area contributed by atoms with E-state index in [4.69, 9.17) is 4.74 Å². The van der Waals surface area contributed by atoms with E-state index in [0.29, 0.717) is 0 Å². The standard InChI is InChI=1S/C12H21N3O/c1-5-16-7-6-13-9(2)12-8-14-11(4)15-10(12)3/h8-9,13H,5-7H2,1-4H3. The first-order chi connectivity index (χ1) is 7.65. The van der Waals surface area contributed by atoms with Gasteiger partial charge in [0.2, 0.25) is 0 Å². The van der Waals surface area contributed by atoms with Crippen LogP contribution in [0, 0.1) is 13.8 Å². The Bertz CT molecular complexity index is 328. The van der Waals surface area contributed by atoms with Crippen molar-refractivity contribution in [3.05, 3.63) is 23.3 Å². The fourth-order valence-corrected chi connectivity index (χ4v) is 1.62. The van der Waals surface area contributed by atoms with Crippen molar-refractivity contribution in [3.63, 3.8) is 0 Å². The first-order valence-corrected chi connectivity index (χ1v) is 5.76. The normalized spacial score (nSPS) is 12.8. The van der Waals surface area contributed by atoms with Gasteiger partial charge < -0.3 is 10.1 Å². The molecular weight excluding hydrogens is 202 g/mol. The lowest BCUT2D eigenvalue weighted by Crippen LogP contribution is -2.24. The maximum absolute atomic E-state index is 5.28. The molecule has 4 nitrogen and oxygen atoms in total. The predicted octanol–water partition coefficient (Wildman–Crippen LogP) is 1.78. The molecule has 0 aliphatic heterocycles. The fourth-order valence-electron chi connectivity index (χ4n) is 1.62. The number of aromatic nitrogens is 2. The lowest BCUT2D eigenvalue weighted by Gasteiger charge is -2.15. The molecule has 1 rings (SSSR count). The Morgan fingerprint density at radius 1 is 1.44 bits per heavy atom. The molecule has 16 heavy (non-hydrogen) atoms. The second-order valence-electron chi connectivity index (χ2n) is 3.83. The van der Waals surface area contributed by atoms with Gasteiger partial charge in [0.25, 0.3) is 0 Å². The molecule has 0 saturated heterocycles. The Labute approximate surface area is 97.5 Å². The average Bonchev–Trinajstić information content (AvgIpc) is 2.24. The van der Waals surface area contributed by atoms with Gasteiger partial charge in [-0.1, -0.05) is 0 Å². The zero-order valence-corrected chi connectivity index (χ0v) is 10.6. The lowest BCUT2D eigenvalue weighted by molar-refractivity contribution is 0.147. The summed E-state index contributed by atoms with van der Waals surface area (Å²) in [5.41, 5.74) is 2.20. The van der Waals surface area contributed by atoms with Gasteiger partial charge in [-0.05, 0) is 27.7 Å². The van der Waals surface area contributed by atoms with E-state index >= 15 is 0 Å². The van der Waals surface area contributed by atoms with Gasteiger partial charge in [-0.15, -0.1) is 0 Å². The number of rotatable bonds is 6. The summed E-state index contributed by atoms with van der Waals surface area (Å²) in [6.45, 7) is 10.4. The van der Waals surface area contributed by atoms with E-state index in [-0.39, 0.29) is 6.04 Å². The van der Waals surface area contributed by atoms with Gasteiger partial charge >= 0.3 is 0 Å². The molecule has 1 heterocycles. The summed E-state index contributed by atoms with van der Waals surface area (Å²) >= 11 is 0. The highest BCUT2D eigenvalue weighted by Gasteiger charge is 2.09. The van der Waals surface area contributed by atoms with Gasteiger partial charge in [0.05, 0.1) is 6.61 Å². The van der Waals surface area contributed by atoms with Crippen molar-refractivity contribution >= 4 is 0 Å². The van der Waals surface area contributed by atoms with Crippen molar-refractivity contribution in [2.45, 2.75) is 33.7 Å². The summed E-state index contributed by atoms with van der Waals surface area (Å²) in [5, 5.41) is 3.39. The Kier molecular flexibility index (Phi) is 5.35. The van der Waals surface area contributed by atoms with Crippen molar-refractivity contribution in [2.24, 2.45) is 0 Å². The molecule has 1 atom stereocenters. The van der Waals surface area contributed by atoms with Crippen LogP contribution in [0.15, 0.2) is 6.20 Å². The highest BCUT2D eigenvalue weighted by molar-refractivity contribution is 5.19. The van der Waals surface area contributed by atoms with E-state index in [1.165, 1.54) is 0 Å². The van der Waals surface area contributed by atoms with Crippen LogP contribution in [0.3, 0.4) is 0 Å². The van der Waals surface area contributed by atoms with Gasteiger partial charge in [-0.25, -0.2) is 9.97 Å². The molecule has 0 aliphatic rings. The molecule has 1 N–H and O–H groups in total. The van der Waals surface area contributed by atoms with Crippen molar-refractivity contribution < 1.29 is 4.74 Å². The molecule has 0 spiro atoms. The van der Waals surface area contributed by atoms with Gasteiger partial charge in [-0.3, -0.25) is 0 Å². The molecule has 0 aromatic carbocycles. The second kappa shape index (κ2) is 6.55. The van der Waals surface area contributed by atoms with Crippen molar-refractivity contribution in [2.75, 3.05) is 19.8 Å². The number of nitrogens with zero attached hydrogens (tertiary/aromatic N) is 2. The fraction of sp³-hybridized carbons (Fsp3) is 0.667. The zero-order chi connectivity index (χ0) is 12.0. The third-order valence-corrected chi connectivity index (χ3v) is 2.51.